The molecule has 1 atom stereocenters. The third-order valence-electron chi connectivity index (χ3n) is 7.16. The molecule has 0 N–H and O–H groups in total. The van der Waals surface area contributed by atoms with E-state index in [1.165, 1.54) is 18.4 Å². The van der Waals surface area contributed by atoms with E-state index in [0.717, 1.165) is 55.1 Å². The van der Waals surface area contributed by atoms with Crippen molar-refractivity contribution in [2.75, 3.05) is 31.6 Å². The van der Waals surface area contributed by atoms with Crippen LogP contribution in [0.5, 0.6) is 11.5 Å². The molecule has 1 saturated carbocycles. The molecule has 1 saturated heterocycles. The highest BCUT2D eigenvalue weighted by molar-refractivity contribution is 7.08. The normalized spacial score (nSPS) is 18.6. The van der Waals surface area contributed by atoms with E-state index in [9.17, 15) is 4.79 Å². The molecular weight excluding hydrogens is 456 g/mol. The number of thiophene rings is 1. The van der Waals surface area contributed by atoms with Crippen molar-refractivity contribution < 1.29 is 14.3 Å². The van der Waals surface area contributed by atoms with Gasteiger partial charge in [0.2, 0.25) is 5.91 Å². The highest BCUT2D eigenvalue weighted by Crippen LogP contribution is 2.36. The minimum Gasteiger partial charge on any atom is -0.493 e. The molecule has 2 aliphatic rings. The third-order valence-corrected chi connectivity index (χ3v) is 7.89. The summed E-state index contributed by atoms with van der Waals surface area (Å²) < 4.78 is 12.0. The molecule has 0 radical (unpaired) electrons. The van der Waals surface area contributed by atoms with Gasteiger partial charge in [-0.3, -0.25) is 4.79 Å². The molecule has 35 heavy (non-hydrogen) atoms. The van der Waals surface area contributed by atoms with Crippen LogP contribution in [0.25, 0.3) is 0 Å². The van der Waals surface area contributed by atoms with Gasteiger partial charge in [-0.25, -0.2) is 0 Å². The number of piperazine rings is 1. The number of amides is 1. The number of methoxy groups -OCH3 is 1. The van der Waals surface area contributed by atoms with Gasteiger partial charge < -0.3 is 19.3 Å². The molecule has 1 aliphatic heterocycles. The Labute approximate surface area is 212 Å². The van der Waals surface area contributed by atoms with Crippen LogP contribution in [0.3, 0.4) is 0 Å². The second-order valence-electron chi connectivity index (χ2n) is 9.54. The van der Waals surface area contributed by atoms with Gasteiger partial charge in [0, 0.05) is 31.4 Å². The van der Waals surface area contributed by atoms with Crippen LogP contribution in [0, 0.1) is 0 Å². The standard InChI is InChI=1S/C29H34N2O3S/c1-33-27-12-11-24(19-28(27)34-26-9-5-6-10-26)30-14-15-31(29(32)18-23-13-16-35-21-23)25(20-30)17-22-7-3-2-4-8-22/h2-4,7-8,11-13,16,19,21,25-26H,5-6,9-10,14-15,17-18,20H2,1H3. The van der Waals surface area contributed by atoms with E-state index in [0.29, 0.717) is 13.0 Å². The first-order valence-corrected chi connectivity index (χ1v) is 13.6. The molecule has 1 aliphatic carbocycles. The maximum absolute atomic E-state index is 13.3. The number of benzene rings is 2. The number of ether oxygens (including phenoxy) is 2. The van der Waals surface area contributed by atoms with E-state index in [4.69, 9.17) is 9.47 Å². The van der Waals surface area contributed by atoms with Crippen molar-refractivity contribution >= 4 is 22.9 Å². The van der Waals surface area contributed by atoms with Crippen molar-refractivity contribution in [3.05, 3.63) is 76.5 Å². The molecule has 2 aromatic carbocycles. The van der Waals surface area contributed by atoms with E-state index in [1.807, 2.05) is 23.6 Å². The smallest absolute Gasteiger partial charge is 0.227 e. The summed E-state index contributed by atoms with van der Waals surface area (Å²) in [6, 6.07) is 18.9. The molecule has 5 nitrogen and oxygen atoms in total. The average molecular weight is 491 g/mol. The minimum atomic E-state index is 0.110. The van der Waals surface area contributed by atoms with Crippen molar-refractivity contribution in [1.29, 1.82) is 0 Å². The topological polar surface area (TPSA) is 42.0 Å². The highest BCUT2D eigenvalue weighted by Gasteiger charge is 2.31. The first-order valence-electron chi connectivity index (χ1n) is 12.6. The van der Waals surface area contributed by atoms with Gasteiger partial charge in [-0.1, -0.05) is 30.3 Å². The van der Waals surface area contributed by atoms with Gasteiger partial charge in [0.25, 0.3) is 0 Å². The Morgan fingerprint density at radius 1 is 1.00 bits per heavy atom. The lowest BCUT2D eigenvalue weighted by Gasteiger charge is -2.43. The molecule has 0 spiro atoms. The van der Waals surface area contributed by atoms with Gasteiger partial charge in [-0.05, 0) is 72.2 Å². The maximum atomic E-state index is 13.3. The largest absolute Gasteiger partial charge is 0.493 e. The number of hydrogen-bond acceptors (Lipinski definition) is 5. The number of anilines is 1. The molecule has 2 heterocycles. The molecule has 0 bridgehead atoms. The zero-order valence-electron chi connectivity index (χ0n) is 20.4. The molecule has 5 rings (SSSR count). The molecule has 2 fully saturated rings. The summed E-state index contributed by atoms with van der Waals surface area (Å²) in [4.78, 5) is 17.8. The van der Waals surface area contributed by atoms with Crippen LogP contribution in [0.2, 0.25) is 0 Å². The van der Waals surface area contributed by atoms with Crippen LogP contribution in [0.15, 0.2) is 65.4 Å². The van der Waals surface area contributed by atoms with Crippen LogP contribution < -0.4 is 14.4 Å². The molecule has 6 heteroatoms. The Balaban J connectivity index is 1.35. The first kappa shape index (κ1) is 23.7. The van der Waals surface area contributed by atoms with Crippen molar-refractivity contribution in [2.45, 2.75) is 50.7 Å². The summed E-state index contributed by atoms with van der Waals surface area (Å²) in [6.45, 7) is 2.31. The van der Waals surface area contributed by atoms with Crippen molar-refractivity contribution in [3.63, 3.8) is 0 Å². The summed E-state index contributed by atoms with van der Waals surface area (Å²) in [5.41, 5.74) is 3.49. The van der Waals surface area contributed by atoms with E-state index >= 15 is 0 Å². The minimum absolute atomic E-state index is 0.110. The second-order valence-corrected chi connectivity index (χ2v) is 10.3. The summed E-state index contributed by atoms with van der Waals surface area (Å²) in [5.74, 6) is 1.82. The molecule has 1 unspecified atom stereocenters. The fourth-order valence-electron chi connectivity index (χ4n) is 5.29. The zero-order valence-corrected chi connectivity index (χ0v) is 21.2. The lowest BCUT2D eigenvalue weighted by molar-refractivity contribution is -0.133. The highest BCUT2D eigenvalue weighted by atomic mass is 32.1. The average Bonchev–Trinajstić information content (AvgIpc) is 3.59. The van der Waals surface area contributed by atoms with Crippen LogP contribution in [-0.2, 0) is 17.6 Å². The van der Waals surface area contributed by atoms with Gasteiger partial charge in [0.05, 0.1) is 25.7 Å². The summed E-state index contributed by atoms with van der Waals surface area (Å²) >= 11 is 1.64. The van der Waals surface area contributed by atoms with Crippen LogP contribution in [0.4, 0.5) is 5.69 Å². The third kappa shape index (κ3) is 5.81. The van der Waals surface area contributed by atoms with Crippen LogP contribution in [0.1, 0.15) is 36.8 Å². The van der Waals surface area contributed by atoms with Gasteiger partial charge in [-0.2, -0.15) is 11.3 Å². The lowest BCUT2D eigenvalue weighted by Crippen LogP contribution is -2.56. The summed E-state index contributed by atoms with van der Waals surface area (Å²) in [6.07, 6.45) is 6.26. The first-order chi connectivity index (χ1) is 17.2. The number of nitrogens with zero attached hydrogens (tertiary/aromatic N) is 2. The van der Waals surface area contributed by atoms with Crippen molar-refractivity contribution in [2.24, 2.45) is 0 Å². The number of carbonyl (C=O) groups excluding carboxylic acids is 1. The van der Waals surface area contributed by atoms with Gasteiger partial charge in [-0.15, -0.1) is 0 Å². The van der Waals surface area contributed by atoms with Crippen molar-refractivity contribution in [1.82, 2.24) is 4.90 Å². The Morgan fingerprint density at radius 2 is 1.83 bits per heavy atom. The number of carbonyl (C=O) groups is 1. The van der Waals surface area contributed by atoms with Gasteiger partial charge in [0.15, 0.2) is 11.5 Å². The van der Waals surface area contributed by atoms with Gasteiger partial charge >= 0.3 is 0 Å². The Hall–Kier alpha value is -2.99. The molecule has 3 aromatic rings. The lowest BCUT2D eigenvalue weighted by atomic mass is 10.0. The quantitative estimate of drug-likeness (QED) is 0.413. The SMILES string of the molecule is COc1ccc(N2CCN(C(=O)Cc3ccsc3)C(Cc3ccccc3)C2)cc1OC1CCCC1. The summed E-state index contributed by atoms with van der Waals surface area (Å²) in [7, 11) is 1.70. The predicted molar refractivity (Wildman–Crippen MR) is 142 cm³/mol. The van der Waals surface area contributed by atoms with E-state index in [1.54, 1.807) is 18.4 Å². The predicted octanol–water partition coefficient (Wildman–Crippen LogP) is 5.58. The Bertz CT molecular complexity index is 1100. The van der Waals surface area contributed by atoms with Crippen LogP contribution in [-0.4, -0.2) is 49.7 Å². The Morgan fingerprint density at radius 3 is 2.57 bits per heavy atom. The fraction of sp³-hybridized carbons (Fsp3) is 0.414. The fourth-order valence-corrected chi connectivity index (χ4v) is 5.96. The van der Waals surface area contributed by atoms with E-state index in [2.05, 4.69) is 51.6 Å². The zero-order chi connectivity index (χ0) is 24.0. The molecule has 184 valence electrons. The Kier molecular flexibility index (Phi) is 7.57. The monoisotopic (exact) mass is 490 g/mol. The van der Waals surface area contributed by atoms with Crippen molar-refractivity contribution in [3.8, 4) is 11.5 Å². The maximum Gasteiger partial charge on any atom is 0.227 e. The summed E-state index contributed by atoms with van der Waals surface area (Å²) in [5, 5.41) is 4.11. The molecule has 1 amide bonds. The number of hydrogen-bond donors (Lipinski definition) is 0. The van der Waals surface area contributed by atoms with Crippen LogP contribution >= 0.6 is 11.3 Å². The van der Waals surface area contributed by atoms with E-state index < -0.39 is 0 Å². The second kappa shape index (κ2) is 11.2. The molecular formula is C29H34N2O3S. The number of rotatable bonds is 8. The molecule has 1 aromatic heterocycles. The van der Waals surface area contributed by atoms with E-state index in [-0.39, 0.29) is 18.1 Å². The van der Waals surface area contributed by atoms with Gasteiger partial charge in [0.1, 0.15) is 0 Å².